The zero-order chi connectivity index (χ0) is 13.8. The first-order valence-electron chi connectivity index (χ1n) is 7.69. The molecule has 2 unspecified atom stereocenters. The maximum Gasteiger partial charge on any atom is 0.241 e. The van der Waals surface area contributed by atoms with Gasteiger partial charge in [0.15, 0.2) is 0 Å². The number of hydrogen-bond donors (Lipinski definition) is 2. The van der Waals surface area contributed by atoms with Gasteiger partial charge in [-0.2, -0.15) is 0 Å². The van der Waals surface area contributed by atoms with E-state index in [4.69, 9.17) is 0 Å². The lowest BCUT2D eigenvalue weighted by molar-refractivity contribution is -0.133. The second-order valence-corrected chi connectivity index (χ2v) is 5.78. The molecule has 4 heteroatoms. The lowest BCUT2D eigenvalue weighted by Gasteiger charge is -2.23. The molecular formula is C16H23N3O. The minimum absolute atomic E-state index is 0.0849. The molecule has 2 aliphatic heterocycles. The Kier molecular flexibility index (Phi) is 4.33. The Hall–Kier alpha value is -1.39. The fraction of sp³-hybridized carbons (Fsp3) is 0.562. The van der Waals surface area contributed by atoms with Crippen LogP contribution in [0.2, 0.25) is 0 Å². The zero-order valence-corrected chi connectivity index (χ0v) is 11.8. The van der Waals surface area contributed by atoms with Crippen LogP contribution in [0.4, 0.5) is 0 Å². The van der Waals surface area contributed by atoms with E-state index in [-0.39, 0.29) is 18.0 Å². The average molecular weight is 273 g/mol. The number of carbonyl (C=O) groups excluding carboxylic acids is 1. The molecule has 0 bridgehead atoms. The summed E-state index contributed by atoms with van der Waals surface area (Å²) in [6.45, 7) is 1.85. The summed E-state index contributed by atoms with van der Waals surface area (Å²) in [4.78, 5) is 14.6. The van der Waals surface area contributed by atoms with Gasteiger partial charge in [-0.1, -0.05) is 43.2 Å². The van der Waals surface area contributed by atoms with E-state index in [1.807, 2.05) is 23.1 Å². The number of likely N-dealkylation sites (tertiary alicyclic amines) is 1. The number of rotatable bonds is 2. The molecule has 2 atom stereocenters. The first kappa shape index (κ1) is 13.6. The highest BCUT2D eigenvalue weighted by Crippen LogP contribution is 2.23. The van der Waals surface area contributed by atoms with Crippen LogP contribution in [0.15, 0.2) is 30.3 Å². The largest absolute Gasteiger partial charge is 0.341 e. The number of hydrazine groups is 1. The normalized spacial score (nSPS) is 27.3. The Morgan fingerprint density at radius 1 is 1.00 bits per heavy atom. The van der Waals surface area contributed by atoms with Gasteiger partial charge in [0.2, 0.25) is 5.91 Å². The Morgan fingerprint density at radius 3 is 2.40 bits per heavy atom. The van der Waals surface area contributed by atoms with Crippen LogP contribution in [0.5, 0.6) is 0 Å². The van der Waals surface area contributed by atoms with E-state index in [1.54, 1.807) is 0 Å². The van der Waals surface area contributed by atoms with E-state index in [1.165, 1.54) is 18.4 Å². The van der Waals surface area contributed by atoms with Crippen LogP contribution in [0, 0.1) is 0 Å². The van der Waals surface area contributed by atoms with Gasteiger partial charge in [-0.25, -0.2) is 10.9 Å². The first-order chi connectivity index (χ1) is 9.84. The van der Waals surface area contributed by atoms with Crippen LogP contribution in [0.25, 0.3) is 0 Å². The topological polar surface area (TPSA) is 44.4 Å². The molecule has 0 aliphatic carbocycles. The zero-order valence-electron chi connectivity index (χ0n) is 11.8. The fourth-order valence-corrected chi connectivity index (χ4v) is 3.13. The van der Waals surface area contributed by atoms with Crippen molar-refractivity contribution in [1.29, 1.82) is 0 Å². The molecule has 1 aromatic carbocycles. The molecule has 2 saturated heterocycles. The molecular weight excluding hydrogens is 250 g/mol. The maximum atomic E-state index is 12.6. The molecule has 20 heavy (non-hydrogen) atoms. The van der Waals surface area contributed by atoms with Crippen molar-refractivity contribution in [3.8, 4) is 0 Å². The Labute approximate surface area is 120 Å². The Morgan fingerprint density at radius 2 is 1.70 bits per heavy atom. The van der Waals surface area contributed by atoms with E-state index in [9.17, 15) is 4.79 Å². The van der Waals surface area contributed by atoms with Crippen molar-refractivity contribution in [2.24, 2.45) is 0 Å². The molecule has 3 rings (SSSR count). The summed E-state index contributed by atoms with van der Waals surface area (Å²) in [6, 6.07) is 10.5. The standard InChI is InChI=1S/C16H23N3O/c20-16(19-10-6-1-2-7-11-19)15-12-14(17-18-15)13-8-4-3-5-9-13/h3-5,8-9,14-15,17-18H,1-2,6-7,10-12H2. The van der Waals surface area contributed by atoms with Gasteiger partial charge in [-0.05, 0) is 24.8 Å². The molecule has 0 spiro atoms. The number of nitrogens with one attached hydrogen (secondary N) is 2. The van der Waals surface area contributed by atoms with Gasteiger partial charge >= 0.3 is 0 Å². The molecule has 0 aromatic heterocycles. The second kappa shape index (κ2) is 6.37. The molecule has 1 aromatic rings. The van der Waals surface area contributed by atoms with Gasteiger partial charge in [0, 0.05) is 19.1 Å². The highest BCUT2D eigenvalue weighted by atomic mass is 16.2. The van der Waals surface area contributed by atoms with Crippen molar-refractivity contribution in [2.45, 2.75) is 44.2 Å². The Balaban J connectivity index is 1.60. The van der Waals surface area contributed by atoms with Gasteiger partial charge in [-0.15, -0.1) is 0 Å². The summed E-state index contributed by atoms with van der Waals surface area (Å²) < 4.78 is 0. The third kappa shape index (κ3) is 3.02. The van der Waals surface area contributed by atoms with Crippen molar-refractivity contribution in [3.63, 3.8) is 0 Å². The molecule has 4 nitrogen and oxygen atoms in total. The molecule has 2 heterocycles. The SMILES string of the molecule is O=C(C1CC(c2ccccc2)NN1)N1CCCCCC1. The van der Waals surface area contributed by atoms with Gasteiger partial charge < -0.3 is 4.90 Å². The van der Waals surface area contributed by atoms with Gasteiger partial charge in [0.05, 0.1) is 0 Å². The van der Waals surface area contributed by atoms with E-state index < -0.39 is 0 Å². The number of hydrogen-bond acceptors (Lipinski definition) is 3. The van der Waals surface area contributed by atoms with E-state index in [0.717, 1.165) is 32.4 Å². The summed E-state index contributed by atoms with van der Waals surface area (Å²) in [5, 5.41) is 0. The van der Waals surface area contributed by atoms with Crippen LogP contribution in [0.1, 0.15) is 43.7 Å². The van der Waals surface area contributed by atoms with Gasteiger partial charge in [0.25, 0.3) is 0 Å². The van der Waals surface area contributed by atoms with Gasteiger partial charge in [0.1, 0.15) is 6.04 Å². The predicted molar refractivity (Wildman–Crippen MR) is 78.9 cm³/mol. The molecule has 2 N–H and O–H groups in total. The number of benzene rings is 1. The number of nitrogens with zero attached hydrogens (tertiary/aromatic N) is 1. The lowest BCUT2D eigenvalue weighted by atomic mass is 10.0. The summed E-state index contributed by atoms with van der Waals surface area (Å²) in [6.07, 6.45) is 5.64. The minimum Gasteiger partial charge on any atom is -0.341 e. The van der Waals surface area contributed by atoms with Gasteiger partial charge in [-0.3, -0.25) is 4.79 Å². The third-order valence-electron chi connectivity index (χ3n) is 4.32. The predicted octanol–water partition coefficient (Wildman–Crippen LogP) is 2.00. The summed E-state index contributed by atoms with van der Waals surface area (Å²) >= 11 is 0. The van der Waals surface area contributed by atoms with Crippen LogP contribution in [-0.2, 0) is 4.79 Å². The van der Waals surface area contributed by atoms with Crippen LogP contribution < -0.4 is 10.9 Å². The minimum atomic E-state index is -0.0849. The molecule has 2 fully saturated rings. The molecule has 1 amide bonds. The Bertz CT molecular complexity index is 440. The summed E-state index contributed by atoms with van der Waals surface area (Å²) in [5.41, 5.74) is 7.68. The number of carbonyl (C=O) groups is 1. The van der Waals surface area contributed by atoms with Crippen LogP contribution in [-0.4, -0.2) is 29.9 Å². The number of amides is 1. The smallest absolute Gasteiger partial charge is 0.241 e. The molecule has 0 saturated carbocycles. The van der Waals surface area contributed by atoms with Crippen molar-refractivity contribution >= 4 is 5.91 Å². The monoisotopic (exact) mass is 273 g/mol. The average Bonchev–Trinajstić information content (AvgIpc) is 2.83. The lowest BCUT2D eigenvalue weighted by Crippen LogP contribution is -2.45. The van der Waals surface area contributed by atoms with E-state index in [2.05, 4.69) is 23.0 Å². The van der Waals surface area contributed by atoms with Crippen molar-refractivity contribution in [2.75, 3.05) is 13.1 Å². The molecule has 2 aliphatic rings. The van der Waals surface area contributed by atoms with E-state index >= 15 is 0 Å². The van der Waals surface area contributed by atoms with Crippen LogP contribution >= 0.6 is 0 Å². The first-order valence-corrected chi connectivity index (χ1v) is 7.69. The third-order valence-corrected chi connectivity index (χ3v) is 4.32. The maximum absolute atomic E-state index is 12.6. The summed E-state index contributed by atoms with van der Waals surface area (Å²) in [5.74, 6) is 0.262. The summed E-state index contributed by atoms with van der Waals surface area (Å²) in [7, 11) is 0. The fourth-order valence-electron chi connectivity index (χ4n) is 3.13. The highest BCUT2D eigenvalue weighted by Gasteiger charge is 2.32. The van der Waals surface area contributed by atoms with Crippen molar-refractivity contribution in [3.05, 3.63) is 35.9 Å². The molecule has 0 radical (unpaired) electrons. The van der Waals surface area contributed by atoms with E-state index in [0.29, 0.717) is 0 Å². The van der Waals surface area contributed by atoms with Crippen LogP contribution in [0.3, 0.4) is 0 Å². The second-order valence-electron chi connectivity index (χ2n) is 5.78. The highest BCUT2D eigenvalue weighted by molar-refractivity contribution is 5.82. The molecule has 108 valence electrons. The van der Waals surface area contributed by atoms with Crippen molar-refractivity contribution < 1.29 is 4.79 Å². The van der Waals surface area contributed by atoms with Crippen molar-refractivity contribution in [1.82, 2.24) is 15.8 Å². The quantitative estimate of drug-likeness (QED) is 0.866.